The highest BCUT2D eigenvalue weighted by atomic mass is 16.5. The average molecular weight is 348 g/mol. The van der Waals surface area contributed by atoms with Crippen LogP contribution in [0.1, 0.15) is 23.1 Å². The summed E-state index contributed by atoms with van der Waals surface area (Å²) in [7, 11) is 6.15. The number of ether oxygens (including phenoxy) is 4. The van der Waals surface area contributed by atoms with E-state index in [0.717, 1.165) is 0 Å². The predicted molar refractivity (Wildman–Crippen MR) is 93.9 cm³/mol. The number of hydrogen-bond donors (Lipinski definition) is 2. The van der Waals surface area contributed by atoms with Crippen molar-refractivity contribution in [3.05, 3.63) is 47.5 Å². The molecule has 0 saturated heterocycles. The van der Waals surface area contributed by atoms with E-state index in [1.807, 2.05) is 0 Å². The third-order valence-electron chi connectivity index (χ3n) is 4.16. The molecule has 136 valence electrons. The molecule has 0 fully saturated rings. The molecule has 0 aromatic heterocycles. The summed E-state index contributed by atoms with van der Waals surface area (Å²) in [6.07, 6.45) is -0.991. The van der Waals surface area contributed by atoms with Crippen LogP contribution in [0, 0.1) is 0 Å². The van der Waals surface area contributed by atoms with Crippen molar-refractivity contribution in [2.75, 3.05) is 35.0 Å². The van der Waals surface area contributed by atoms with Gasteiger partial charge in [-0.15, -0.1) is 0 Å². The highest BCUT2D eigenvalue weighted by Crippen LogP contribution is 2.42. The zero-order chi connectivity index (χ0) is 18.4. The van der Waals surface area contributed by atoms with Crippen molar-refractivity contribution >= 4 is 0 Å². The average Bonchev–Trinajstić information content (AvgIpc) is 2.67. The minimum absolute atomic E-state index is 0.285. The maximum atomic E-state index is 10.9. The lowest BCUT2D eigenvalue weighted by atomic mass is 9.88. The first kappa shape index (κ1) is 18.9. The van der Waals surface area contributed by atoms with E-state index in [-0.39, 0.29) is 6.61 Å². The van der Waals surface area contributed by atoms with Gasteiger partial charge in [0.1, 0.15) is 11.5 Å². The van der Waals surface area contributed by atoms with Crippen molar-refractivity contribution in [2.24, 2.45) is 0 Å². The zero-order valence-electron chi connectivity index (χ0n) is 14.9. The first-order valence-electron chi connectivity index (χ1n) is 7.82. The molecule has 0 radical (unpaired) electrons. The zero-order valence-corrected chi connectivity index (χ0v) is 14.9. The van der Waals surface area contributed by atoms with Crippen LogP contribution in [0.2, 0.25) is 0 Å². The van der Waals surface area contributed by atoms with Crippen LogP contribution in [-0.2, 0) is 0 Å². The second-order valence-electron chi connectivity index (χ2n) is 5.42. The van der Waals surface area contributed by atoms with Crippen molar-refractivity contribution in [1.29, 1.82) is 0 Å². The van der Waals surface area contributed by atoms with E-state index >= 15 is 0 Å². The third kappa shape index (κ3) is 3.81. The fraction of sp³-hybridized carbons (Fsp3) is 0.368. The number of aliphatic hydroxyl groups excluding tert-OH is 2. The molecule has 0 aliphatic carbocycles. The fourth-order valence-corrected chi connectivity index (χ4v) is 2.86. The summed E-state index contributed by atoms with van der Waals surface area (Å²) < 4.78 is 21.3. The largest absolute Gasteiger partial charge is 0.496 e. The van der Waals surface area contributed by atoms with Crippen molar-refractivity contribution < 1.29 is 29.2 Å². The van der Waals surface area contributed by atoms with Crippen LogP contribution in [0.25, 0.3) is 0 Å². The Morgan fingerprint density at radius 1 is 0.800 bits per heavy atom. The molecule has 0 bridgehead atoms. The van der Waals surface area contributed by atoms with Crippen LogP contribution < -0.4 is 18.9 Å². The van der Waals surface area contributed by atoms with E-state index in [0.29, 0.717) is 34.1 Å². The summed E-state index contributed by atoms with van der Waals surface area (Å²) in [6.45, 7) is -0.285. The molecule has 2 unspecified atom stereocenters. The van der Waals surface area contributed by atoms with Gasteiger partial charge in [0.15, 0.2) is 11.5 Å². The second kappa shape index (κ2) is 8.60. The normalized spacial score (nSPS) is 13.0. The van der Waals surface area contributed by atoms with Crippen LogP contribution in [0.5, 0.6) is 23.0 Å². The van der Waals surface area contributed by atoms with E-state index < -0.39 is 12.0 Å². The molecule has 6 nitrogen and oxygen atoms in total. The van der Waals surface area contributed by atoms with Gasteiger partial charge in [-0.05, 0) is 29.8 Å². The lowest BCUT2D eigenvalue weighted by molar-refractivity contribution is 0.104. The van der Waals surface area contributed by atoms with E-state index in [9.17, 15) is 10.2 Å². The van der Waals surface area contributed by atoms with E-state index in [2.05, 4.69) is 0 Å². The van der Waals surface area contributed by atoms with E-state index in [1.165, 1.54) is 21.3 Å². The van der Waals surface area contributed by atoms with Gasteiger partial charge in [-0.25, -0.2) is 0 Å². The summed E-state index contributed by atoms with van der Waals surface area (Å²) in [5, 5.41) is 20.8. The number of hydrogen-bond acceptors (Lipinski definition) is 6. The number of benzene rings is 2. The van der Waals surface area contributed by atoms with Crippen LogP contribution in [0.4, 0.5) is 0 Å². The van der Waals surface area contributed by atoms with Gasteiger partial charge in [0.25, 0.3) is 0 Å². The Hall–Kier alpha value is -2.44. The molecule has 0 saturated carbocycles. The van der Waals surface area contributed by atoms with Gasteiger partial charge < -0.3 is 29.2 Å². The van der Waals surface area contributed by atoms with E-state index in [4.69, 9.17) is 18.9 Å². The quantitative estimate of drug-likeness (QED) is 0.763. The van der Waals surface area contributed by atoms with Gasteiger partial charge in [-0.3, -0.25) is 0 Å². The predicted octanol–water partition coefficient (Wildman–Crippen LogP) is 2.53. The standard InChI is InChI=1S/C19H24O6/c1-22-14-9-8-12(10-17(14)25-4)19(21)13(11-20)18-15(23-2)6-5-7-16(18)24-3/h5-10,13,19-21H,11H2,1-4H3. The lowest BCUT2D eigenvalue weighted by Crippen LogP contribution is -2.17. The van der Waals surface area contributed by atoms with Gasteiger partial charge in [0.05, 0.1) is 41.2 Å². The summed E-state index contributed by atoms with van der Waals surface area (Å²) >= 11 is 0. The summed E-state index contributed by atoms with van der Waals surface area (Å²) in [4.78, 5) is 0. The van der Waals surface area contributed by atoms with E-state index in [1.54, 1.807) is 43.5 Å². The molecule has 2 aromatic carbocycles. The third-order valence-corrected chi connectivity index (χ3v) is 4.16. The number of rotatable bonds is 8. The molecule has 2 aromatic rings. The Labute approximate surface area is 147 Å². The van der Waals surface area contributed by atoms with Gasteiger partial charge in [-0.1, -0.05) is 12.1 Å². The number of methoxy groups -OCH3 is 4. The highest BCUT2D eigenvalue weighted by Gasteiger charge is 2.29. The minimum atomic E-state index is -0.991. The van der Waals surface area contributed by atoms with Crippen molar-refractivity contribution in [3.63, 3.8) is 0 Å². The molecular formula is C19H24O6. The molecule has 2 atom stereocenters. The monoisotopic (exact) mass is 348 g/mol. The lowest BCUT2D eigenvalue weighted by Gasteiger charge is -2.25. The van der Waals surface area contributed by atoms with Crippen LogP contribution in [0.15, 0.2) is 36.4 Å². The smallest absolute Gasteiger partial charge is 0.161 e. The number of aliphatic hydroxyl groups is 2. The van der Waals surface area contributed by atoms with Crippen LogP contribution >= 0.6 is 0 Å². The Bertz CT molecular complexity index is 678. The Morgan fingerprint density at radius 2 is 1.36 bits per heavy atom. The van der Waals surface area contributed by atoms with Gasteiger partial charge in [0.2, 0.25) is 0 Å². The first-order valence-corrected chi connectivity index (χ1v) is 7.82. The molecular weight excluding hydrogens is 324 g/mol. The van der Waals surface area contributed by atoms with Crippen LogP contribution in [0.3, 0.4) is 0 Å². The minimum Gasteiger partial charge on any atom is -0.496 e. The van der Waals surface area contributed by atoms with Crippen molar-refractivity contribution in [2.45, 2.75) is 12.0 Å². The molecule has 0 aliphatic rings. The molecule has 0 aliphatic heterocycles. The maximum Gasteiger partial charge on any atom is 0.161 e. The highest BCUT2D eigenvalue weighted by molar-refractivity contribution is 5.50. The second-order valence-corrected chi connectivity index (χ2v) is 5.42. The van der Waals surface area contributed by atoms with Crippen molar-refractivity contribution in [1.82, 2.24) is 0 Å². The van der Waals surface area contributed by atoms with Crippen LogP contribution in [-0.4, -0.2) is 45.3 Å². The molecule has 0 amide bonds. The summed E-state index contributed by atoms with van der Waals surface area (Å²) in [6, 6.07) is 10.5. The SMILES string of the molecule is COc1ccc(C(O)C(CO)c2c(OC)cccc2OC)cc1OC. The van der Waals surface area contributed by atoms with Gasteiger partial charge >= 0.3 is 0 Å². The maximum absolute atomic E-state index is 10.9. The van der Waals surface area contributed by atoms with Gasteiger partial charge in [-0.2, -0.15) is 0 Å². The summed E-state index contributed by atoms with van der Waals surface area (Å²) in [5.41, 5.74) is 1.20. The molecule has 2 rings (SSSR count). The van der Waals surface area contributed by atoms with Crippen molar-refractivity contribution in [3.8, 4) is 23.0 Å². The molecule has 2 N–H and O–H groups in total. The Morgan fingerprint density at radius 3 is 1.84 bits per heavy atom. The molecule has 0 heterocycles. The summed E-state index contributed by atoms with van der Waals surface area (Å²) in [5.74, 6) is 1.51. The molecule has 6 heteroatoms. The van der Waals surface area contributed by atoms with Gasteiger partial charge in [0, 0.05) is 11.5 Å². The topological polar surface area (TPSA) is 77.4 Å². The Balaban J connectivity index is 2.48. The molecule has 0 spiro atoms. The Kier molecular flexibility index (Phi) is 6.50. The molecule has 25 heavy (non-hydrogen) atoms. The fourth-order valence-electron chi connectivity index (χ4n) is 2.86. The first-order chi connectivity index (χ1) is 12.1.